The molecule has 0 heterocycles. The molecule has 1 atom stereocenters. The van der Waals surface area contributed by atoms with Crippen LogP contribution in [0, 0.1) is 17.8 Å². The molecule has 0 bridgehead atoms. The maximum absolute atomic E-state index is 2.37. The molecule has 118 valence electrons. The average molecular weight is 271 g/mol. The third-order valence-electron chi connectivity index (χ3n) is 4.14. The molecule has 1 unspecified atom stereocenters. The molecule has 0 spiro atoms. The number of hydrogen-bond acceptors (Lipinski definition) is 0. The largest absolute Gasteiger partial charge is 0.0683 e. The van der Waals surface area contributed by atoms with Crippen LogP contribution in [0.3, 0.4) is 0 Å². The molecule has 0 heteroatoms. The lowest BCUT2D eigenvalue weighted by Crippen LogP contribution is -2.08. The number of hydrogen-bond donors (Lipinski definition) is 0. The second-order valence-corrected chi connectivity index (χ2v) is 6.40. The van der Waals surface area contributed by atoms with Crippen LogP contribution in [0.5, 0.6) is 0 Å². The summed E-state index contributed by atoms with van der Waals surface area (Å²) in [6.07, 6.45) is 12.9. The van der Waals surface area contributed by atoms with Crippen molar-refractivity contribution in [2.45, 2.75) is 106 Å². The highest BCUT2D eigenvalue weighted by molar-refractivity contribution is 4.65. The molecule has 1 aliphatic carbocycles. The van der Waals surface area contributed by atoms with Crippen LogP contribution >= 0.6 is 0 Å². The Morgan fingerprint density at radius 1 is 0.789 bits per heavy atom. The number of unbranched alkanes of at least 4 members (excludes halogenated alkanes) is 1. The van der Waals surface area contributed by atoms with Crippen molar-refractivity contribution < 1.29 is 0 Å². The summed E-state index contributed by atoms with van der Waals surface area (Å²) < 4.78 is 0. The monoisotopic (exact) mass is 270 g/mol. The molecule has 0 aromatic carbocycles. The summed E-state index contributed by atoms with van der Waals surface area (Å²) >= 11 is 0. The number of rotatable bonds is 5. The molecule has 0 radical (unpaired) electrons. The molecule has 1 aliphatic rings. The molecule has 0 saturated heterocycles. The van der Waals surface area contributed by atoms with E-state index in [0.717, 1.165) is 17.8 Å². The van der Waals surface area contributed by atoms with Gasteiger partial charge in [-0.2, -0.15) is 0 Å². The van der Waals surface area contributed by atoms with Crippen molar-refractivity contribution in [2.75, 3.05) is 0 Å². The maximum Gasteiger partial charge on any atom is -0.0443 e. The lowest BCUT2D eigenvalue weighted by Gasteiger charge is -2.22. The van der Waals surface area contributed by atoms with Crippen molar-refractivity contribution >= 4 is 0 Å². The maximum atomic E-state index is 2.37. The Morgan fingerprint density at radius 3 is 1.53 bits per heavy atom. The highest BCUT2D eigenvalue weighted by atomic mass is 14.2. The van der Waals surface area contributed by atoms with Gasteiger partial charge in [-0.15, -0.1) is 0 Å². The van der Waals surface area contributed by atoms with E-state index in [2.05, 4.69) is 34.6 Å². The van der Waals surface area contributed by atoms with Gasteiger partial charge in [0.05, 0.1) is 0 Å². The van der Waals surface area contributed by atoms with Gasteiger partial charge in [0, 0.05) is 0 Å². The summed E-state index contributed by atoms with van der Waals surface area (Å²) in [6, 6.07) is 0. The van der Waals surface area contributed by atoms with E-state index in [9.17, 15) is 0 Å². The van der Waals surface area contributed by atoms with Crippen molar-refractivity contribution in [2.24, 2.45) is 17.8 Å². The minimum absolute atomic E-state index is 0.968. The lowest BCUT2D eigenvalue weighted by atomic mass is 9.84. The minimum atomic E-state index is 0.968. The van der Waals surface area contributed by atoms with Crippen molar-refractivity contribution in [1.82, 2.24) is 0 Å². The molecular weight excluding hydrogens is 228 g/mol. The molecule has 1 rings (SSSR count). The molecule has 0 amide bonds. The van der Waals surface area contributed by atoms with E-state index in [-0.39, 0.29) is 0 Å². The van der Waals surface area contributed by atoms with E-state index in [1.165, 1.54) is 57.8 Å². The van der Waals surface area contributed by atoms with Crippen LogP contribution in [0.15, 0.2) is 0 Å². The van der Waals surface area contributed by atoms with Gasteiger partial charge in [0.25, 0.3) is 0 Å². The molecule has 0 aromatic heterocycles. The first-order chi connectivity index (χ1) is 9.10. The first-order valence-corrected chi connectivity index (χ1v) is 9.10. The van der Waals surface area contributed by atoms with Crippen LogP contribution in [0.1, 0.15) is 106 Å². The summed E-state index contributed by atoms with van der Waals surface area (Å²) in [4.78, 5) is 0. The summed E-state index contributed by atoms with van der Waals surface area (Å²) in [7, 11) is 0. The Bertz CT molecular complexity index is 132. The van der Waals surface area contributed by atoms with E-state index in [4.69, 9.17) is 0 Å². The van der Waals surface area contributed by atoms with Crippen LogP contribution in [0.25, 0.3) is 0 Å². The SMILES string of the molecule is CC.CC1CCC(C)CC1.CCCCC(C)CCC. The van der Waals surface area contributed by atoms with Gasteiger partial charge in [0.1, 0.15) is 0 Å². The van der Waals surface area contributed by atoms with Crippen molar-refractivity contribution in [3.63, 3.8) is 0 Å². The minimum Gasteiger partial charge on any atom is -0.0683 e. The first kappa shape index (κ1) is 21.3. The predicted molar refractivity (Wildman–Crippen MR) is 91.7 cm³/mol. The van der Waals surface area contributed by atoms with Crippen molar-refractivity contribution in [3.8, 4) is 0 Å². The molecular formula is C19H42. The smallest absolute Gasteiger partial charge is 0.0443 e. The second-order valence-electron chi connectivity index (χ2n) is 6.40. The zero-order chi connectivity index (χ0) is 15.1. The fourth-order valence-electron chi connectivity index (χ4n) is 2.62. The van der Waals surface area contributed by atoms with Crippen LogP contribution in [0.2, 0.25) is 0 Å². The topological polar surface area (TPSA) is 0 Å². The van der Waals surface area contributed by atoms with Gasteiger partial charge in [0.15, 0.2) is 0 Å². The Kier molecular flexibility index (Phi) is 18.0. The molecule has 0 nitrogen and oxygen atoms in total. The molecule has 0 aliphatic heterocycles. The summed E-state index contributed by atoms with van der Waals surface area (Å²) in [5.41, 5.74) is 0. The van der Waals surface area contributed by atoms with E-state index in [0.29, 0.717) is 0 Å². The Morgan fingerprint density at radius 2 is 1.21 bits per heavy atom. The average Bonchev–Trinajstić information content (AvgIpc) is 2.43. The molecule has 1 saturated carbocycles. The van der Waals surface area contributed by atoms with Gasteiger partial charge in [-0.25, -0.2) is 0 Å². The van der Waals surface area contributed by atoms with Crippen LogP contribution in [0.4, 0.5) is 0 Å². The normalized spacial score (nSPS) is 23.5. The van der Waals surface area contributed by atoms with E-state index >= 15 is 0 Å². The summed E-state index contributed by atoms with van der Waals surface area (Å²) in [5, 5.41) is 0. The van der Waals surface area contributed by atoms with Gasteiger partial charge in [0.2, 0.25) is 0 Å². The van der Waals surface area contributed by atoms with Gasteiger partial charge >= 0.3 is 0 Å². The van der Waals surface area contributed by atoms with E-state index in [1.807, 2.05) is 13.8 Å². The quantitative estimate of drug-likeness (QED) is 0.486. The standard InChI is InChI=1S/C9H20.C8H16.C2H6/c1-4-6-8-9(3)7-5-2;1-7-3-5-8(2)6-4-7;1-2/h9H,4-8H2,1-3H3;7-8H,3-6H2,1-2H3;1-2H3. The van der Waals surface area contributed by atoms with Gasteiger partial charge in [-0.1, -0.05) is 106 Å². The fourth-order valence-corrected chi connectivity index (χ4v) is 2.62. The molecule has 0 aromatic rings. The summed E-state index contributed by atoms with van der Waals surface area (Å²) in [5.74, 6) is 3.01. The first-order valence-electron chi connectivity index (χ1n) is 9.10. The van der Waals surface area contributed by atoms with Crippen LogP contribution < -0.4 is 0 Å². The van der Waals surface area contributed by atoms with Gasteiger partial charge in [-0.05, 0) is 17.8 Å². The summed E-state index contributed by atoms with van der Waals surface area (Å²) in [6.45, 7) is 15.6. The van der Waals surface area contributed by atoms with Crippen LogP contribution in [-0.4, -0.2) is 0 Å². The predicted octanol–water partition coefficient (Wildman–Crippen LogP) is 7.47. The van der Waals surface area contributed by atoms with Crippen molar-refractivity contribution in [3.05, 3.63) is 0 Å². The van der Waals surface area contributed by atoms with Crippen molar-refractivity contribution in [1.29, 1.82) is 0 Å². The third kappa shape index (κ3) is 15.9. The highest BCUT2D eigenvalue weighted by Gasteiger charge is 2.13. The molecule has 1 fully saturated rings. The third-order valence-corrected chi connectivity index (χ3v) is 4.14. The lowest BCUT2D eigenvalue weighted by molar-refractivity contribution is 0.308. The highest BCUT2D eigenvalue weighted by Crippen LogP contribution is 2.27. The van der Waals surface area contributed by atoms with E-state index < -0.39 is 0 Å². The fraction of sp³-hybridized carbons (Fsp3) is 1.00. The van der Waals surface area contributed by atoms with Gasteiger partial charge in [-0.3, -0.25) is 0 Å². The molecule has 19 heavy (non-hydrogen) atoms. The Balaban J connectivity index is 0. The second kappa shape index (κ2) is 16.1. The molecule has 0 N–H and O–H groups in total. The Labute approximate surface area is 124 Å². The zero-order valence-electron chi connectivity index (χ0n) is 15.1. The van der Waals surface area contributed by atoms with Crippen LogP contribution in [-0.2, 0) is 0 Å². The Hall–Kier alpha value is 0. The van der Waals surface area contributed by atoms with E-state index in [1.54, 1.807) is 0 Å². The van der Waals surface area contributed by atoms with Gasteiger partial charge < -0.3 is 0 Å². The zero-order valence-corrected chi connectivity index (χ0v) is 15.1.